The molecule has 0 aliphatic heterocycles. The van der Waals surface area contributed by atoms with E-state index in [4.69, 9.17) is 5.26 Å². The average Bonchev–Trinajstić information content (AvgIpc) is 2.32. The largest absolute Gasteiger partial charge is 0.481 e. The van der Waals surface area contributed by atoms with E-state index in [0.717, 1.165) is 6.42 Å². The highest BCUT2D eigenvalue weighted by Crippen LogP contribution is 2.41. The lowest BCUT2D eigenvalue weighted by atomic mass is 9.69. The predicted molar refractivity (Wildman–Crippen MR) is 71.2 cm³/mol. The van der Waals surface area contributed by atoms with Crippen molar-refractivity contribution >= 4 is 27.6 Å². The van der Waals surface area contributed by atoms with Gasteiger partial charge in [0, 0.05) is 6.54 Å². The summed E-state index contributed by atoms with van der Waals surface area (Å²) in [5, 5.41) is 20.8. The number of nitrogens with zero attached hydrogens (tertiary/aromatic N) is 1. The Bertz CT molecular complexity index is 564. The van der Waals surface area contributed by atoms with Gasteiger partial charge < -0.3 is 10.4 Å². The van der Waals surface area contributed by atoms with Crippen LogP contribution in [-0.2, 0) is 4.79 Å². The molecule has 0 atom stereocenters. The number of hydrogen-bond acceptors (Lipinski definition) is 3. The summed E-state index contributed by atoms with van der Waals surface area (Å²) in [6.45, 7) is 0.192. The molecule has 0 saturated heterocycles. The van der Waals surface area contributed by atoms with Gasteiger partial charge in [0.25, 0.3) is 0 Å². The van der Waals surface area contributed by atoms with Gasteiger partial charge in [0.15, 0.2) is 5.82 Å². The maximum Gasteiger partial charge on any atom is 0.311 e. The molecule has 1 aliphatic rings. The van der Waals surface area contributed by atoms with E-state index in [1.54, 1.807) is 0 Å². The quantitative estimate of drug-likeness (QED) is 0.891. The number of anilines is 1. The minimum atomic E-state index is -0.848. The number of benzene rings is 1. The van der Waals surface area contributed by atoms with Gasteiger partial charge in [0.1, 0.15) is 6.07 Å². The zero-order valence-electron chi connectivity index (χ0n) is 10.0. The van der Waals surface area contributed by atoms with E-state index in [2.05, 4.69) is 21.2 Å². The van der Waals surface area contributed by atoms with Crippen LogP contribution in [-0.4, -0.2) is 17.6 Å². The molecule has 1 aromatic carbocycles. The topological polar surface area (TPSA) is 73.1 Å². The first-order valence-electron chi connectivity index (χ1n) is 5.85. The van der Waals surface area contributed by atoms with Crippen LogP contribution in [0, 0.1) is 22.6 Å². The van der Waals surface area contributed by atoms with Gasteiger partial charge in [-0.25, -0.2) is 4.39 Å². The van der Waals surface area contributed by atoms with Crippen LogP contribution in [0.2, 0.25) is 0 Å². The molecule has 0 heterocycles. The molecule has 1 saturated carbocycles. The van der Waals surface area contributed by atoms with Crippen LogP contribution in [0.5, 0.6) is 0 Å². The molecule has 0 aromatic heterocycles. The van der Waals surface area contributed by atoms with E-state index < -0.39 is 17.2 Å². The molecule has 0 spiro atoms. The number of carboxylic acids is 1. The van der Waals surface area contributed by atoms with Crippen LogP contribution in [0.15, 0.2) is 16.6 Å². The van der Waals surface area contributed by atoms with Crippen LogP contribution < -0.4 is 5.32 Å². The summed E-state index contributed by atoms with van der Waals surface area (Å²) in [5.74, 6) is -1.42. The highest BCUT2D eigenvalue weighted by atomic mass is 79.9. The molecule has 0 radical (unpaired) electrons. The fourth-order valence-electron chi connectivity index (χ4n) is 2.11. The van der Waals surface area contributed by atoms with E-state index >= 15 is 0 Å². The fourth-order valence-corrected chi connectivity index (χ4v) is 2.54. The van der Waals surface area contributed by atoms with E-state index in [1.165, 1.54) is 12.1 Å². The fraction of sp³-hybridized carbons (Fsp3) is 0.385. The standard InChI is InChI=1S/C13H12BrFN2O2/c14-10-8(6-16)2-3-9(11(10)15)17-7-13(12(18)19)4-1-5-13/h2-3,17H,1,4-5,7H2,(H,18,19). The van der Waals surface area contributed by atoms with E-state index in [-0.39, 0.29) is 22.3 Å². The molecule has 2 rings (SSSR count). The third-order valence-electron chi connectivity index (χ3n) is 3.58. The van der Waals surface area contributed by atoms with Crippen molar-refractivity contribution in [2.24, 2.45) is 5.41 Å². The molecule has 1 fully saturated rings. The van der Waals surface area contributed by atoms with Crippen molar-refractivity contribution in [3.63, 3.8) is 0 Å². The molecule has 0 bridgehead atoms. The lowest BCUT2D eigenvalue weighted by molar-refractivity contribution is -0.153. The third-order valence-corrected chi connectivity index (χ3v) is 4.36. The summed E-state index contributed by atoms with van der Waals surface area (Å²) in [5.41, 5.74) is -0.370. The molecule has 19 heavy (non-hydrogen) atoms. The minimum absolute atomic E-state index is 0.0954. The van der Waals surface area contributed by atoms with Gasteiger partial charge in [-0.1, -0.05) is 6.42 Å². The van der Waals surface area contributed by atoms with E-state index in [0.29, 0.717) is 12.8 Å². The summed E-state index contributed by atoms with van der Waals surface area (Å²) in [6, 6.07) is 4.81. The van der Waals surface area contributed by atoms with Crippen molar-refractivity contribution in [2.45, 2.75) is 19.3 Å². The maximum absolute atomic E-state index is 13.9. The monoisotopic (exact) mass is 326 g/mol. The molecule has 1 aromatic rings. The average molecular weight is 327 g/mol. The van der Waals surface area contributed by atoms with Gasteiger partial charge in [-0.3, -0.25) is 4.79 Å². The summed E-state index contributed by atoms with van der Waals surface area (Å²) >= 11 is 3.02. The van der Waals surface area contributed by atoms with Crippen molar-refractivity contribution < 1.29 is 14.3 Å². The number of hydrogen-bond donors (Lipinski definition) is 2. The second-order valence-electron chi connectivity index (χ2n) is 4.69. The minimum Gasteiger partial charge on any atom is -0.481 e. The number of nitrogens with one attached hydrogen (secondary N) is 1. The number of carboxylic acid groups (broad SMARTS) is 1. The van der Waals surface area contributed by atoms with Gasteiger partial charge in [-0.05, 0) is 40.9 Å². The Kier molecular flexibility index (Phi) is 3.76. The number of aliphatic carboxylic acids is 1. The Hall–Kier alpha value is -1.61. The van der Waals surface area contributed by atoms with Crippen LogP contribution >= 0.6 is 15.9 Å². The lowest BCUT2D eigenvalue weighted by Gasteiger charge is -2.37. The molecule has 100 valence electrons. The number of nitriles is 1. The SMILES string of the molecule is N#Cc1ccc(NCC2(C(=O)O)CCC2)c(F)c1Br. The van der Waals surface area contributed by atoms with E-state index in [1.807, 2.05) is 6.07 Å². The molecule has 4 nitrogen and oxygen atoms in total. The first-order valence-corrected chi connectivity index (χ1v) is 6.65. The molecule has 6 heteroatoms. The number of carbonyl (C=O) groups is 1. The van der Waals surface area contributed by atoms with Gasteiger partial charge in [0.05, 0.1) is 21.1 Å². The third kappa shape index (κ3) is 2.43. The molecule has 0 amide bonds. The Morgan fingerprint density at radius 2 is 2.26 bits per heavy atom. The maximum atomic E-state index is 13.9. The van der Waals surface area contributed by atoms with Crippen LogP contribution in [0.25, 0.3) is 0 Å². The normalized spacial score (nSPS) is 16.3. The highest BCUT2D eigenvalue weighted by Gasteiger charge is 2.44. The Labute approximate surface area is 118 Å². The smallest absolute Gasteiger partial charge is 0.311 e. The molecule has 0 unspecified atom stereocenters. The van der Waals surface area contributed by atoms with Crippen molar-refractivity contribution in [1.29, 1.82) is 5.26 Å². The van der Waals surface area contributed by atoms with Crippen LogP contribution in [0.1, 0.15) is 24.8 Å². The second kappa shape index (κ2) is 5.17. The summed E-state index contributed by atoms with van der Waals surface area (Å²) in [4.78, 5) is 11.2. The zero-order chi connectivity index (χ0) is 14.0. The van der Waals surface area contributed by atoms with E-state index in [9.17, 15) is 14.3 Å². The van der Waals surface area contributed by atoms with Gasteiger partial charge in [-0.2, -0.15) is 5.26 Å². The first-order chi connectivity index (χ1) is 9.00. The van der Waals surface area contributed by atoms with Crippen molar-refractivity contribution in [2.75, 3.05) is 11.9 Å². The molecule has 2 N–H and O–H groups in total. The number of rotatable bonds is 4. The number of halogens is 2. The Morgan fingerprint density at radius 3 is 2.74 bits per heavy atom. The Morgan fingerprint density at radius 1 is 1.58 bits per heavy atom. The molecule has 1 aliphatic carbocycles. The van der Waals surface area contributed by atoms with Crippen molar-refractivity contribution in [3.05, 3.63) is 28.0 Å². The van der Waals surface area contributed by atoms with Crippen molar-refractivity contribution in [3.8, 4) is 6.07 Å². The van der Waals surface area contributed by atoms with Gasteiger partial charge in [0.2, 0.25) is 0 Å². The zero-order valence-corrected chi connectivity index (χ0v) is 11.6. The van der Waals surface area contributed by atoms with Crippen LogP contribution in [0.4, 0.5) is 10.1 Å². The van der Waals surface area contributed by atoms with Crippen LogP contribution in [0.3, 0.4) is 0 Å². The predicted octanol–water partition coefficient (Wildman–Crippen LogP) is 3.13. The summed E-state index contributed by atoms with van der Waals surface area (Å²) in [6.07, 6.45) is 2.09. The molecular formula is C13H12BrFN2O2. The Balaban J connectivity index is 2.15. The van der Waals surface area contributed by atoms with Gasteiger partial charge in [-0.15, -0.1) is 0 Å². The summed E-state index contributed by atoms with van der Waals surface area (Å²) < 4.78 is 14.0. The van der Waals surface area contributed by atoms with Gasteiger partial charge >= 0.3 is 5.97 Å². The molecular weight excluding hydrogens is 315 g/mol. The second-order valence-corrected chi connectivity index (χ2v) is 5.49. The summed E-state index contributed by atoms with van der Waals surface area (Å²) in [7, 11) is 0. The highest BCUT2D eigenvalue weighted by molar-refractivity contribution is 9.10. The van der Waals surface area contributed by atoms with Crippen molar-refractivity contribution in [1.82, 2.24) is 0 Å². The first kappa shape index (κ1) is 13.8. The lowest BCUT2D eigenvalue weighted by Crippen LogP contribution is -2.43.